The van der Waals surface area contributed by atoms with E-state index in [1.54, 1.807) is 5.56 Å². The quantitative estimate of drug-likeness (QED) is 0.160. The van der Waals surface area contributed by atoms with Crippen LogP contribution in [0.25, 0.3) is 106 Å². The molecule has 0 saturated heterocycles. The smallest absolute Gasteiger partial charge is 0.164 e. The first-order valence-corrected chi connectivity index (χ1v) is 28.2. The van der Waals surface area contributed by atoms with E-state index in [2.05, 4.69) is 232 Å². The topological polar surface area (TPSA) is 43.6 Å². The number of rotatable bonds is 7. The third-order valence-corrected chi connectivity index (χ3v) is 19.4. The maximum atomic E-state index is 5.63. The van der Waals surface area contributed by atoms with Crippen molar-refractivity contribution in [1.82, 2.24) is 19.5 Å². The second-order valence-corrected chi connectivity index (χ2v) is 24.6. The summed E-state index contributed by atoms with van der Waals surface area (Å²) >= 11 is 0. The van der Waals surface area contributed by atoms with Crippen LogP contribution in [0.2, 0.25) is 0 Å². The summed E-state index contributed by atoms with van der Waals surface area (Å²) in [5.41, 5.74) is 22.9. The summed E-state index contributed by atoms with van der Waals surface area (Å²) in [6, 6.07) is 74.7. The highest BCUT2D eigenvalue weighted by Gasteiger charge is 2.51. The van der Waals surface area contributed by atoms with E-state index in [0.29, 0.717) is 22.9 Å². The van der Waals surface area contributed by atoms with Crippen molar-refractivity contribution < 1.29 is 0 Å². The number of fused-ring (bicyclic) bond motifs is 9. The van der Waals surface area contributed by atoms with Gasteiger partial charge in [-0.25, -0.2) is 15.0 Å². The Morgan fingerprint density at radius 3 is 1.64 bits per heavy atom. The van der Waals surface area contributed by atoms with E-state index in [9.17, 15) is 0 Å². The van der Waals surface area contributed by atoms with Crippen molar-refractivity contribution in [2.24, 2.45) is 17.8 Å². The molecule has 0 spiro atoms. The molecule has 4 fully saturated rings. The van der Waals surface area contributed by atoms with E-state index >= 15 is 0 Å². The van der Waals surface area contributed by atoms with Crippen LogP contribution in [0.1, 0.15) is 94.0 Å². The Bertz CT molecular complexity index is 4210. The van der Waals surface area contributed by atoms with Crippen LogP contribution in [0.3, 0.4) is 0 Å². The first-order chi connectivity index (χ1) is 37.6. The third-order valence-electron chi connectivity index (χ3n) is 19.4. The Kier molecular flexibility index (Phi) is 9.59. The highest BCUT2D eigenvalue weighted by atomic mass is 15.0. The molecule has 77 heavy (non-hydrogen) atoms. The largest absolute Gasteiger partial charge is 0.309 e. The summed E-state index contributed by atoms with van der Waals surface area (Å²) in [7, 11) is 0. The van der Waals surface area contributed by atoms with Gasteiger partial charge in [-0.3, -0.25) is 0 Å². The number of nitrogens with zero attached hydrogens (tertiary/aromatic N) is 4. The zero-order valence-corrected chi connectivity index (χ0v) is 44.3. The molecule has 2 heterocycles. The molecule has 4 heteroatoms. The van der Waals surface area contributed by atoms with Crippen LogP contribution >= 0.6 is 0 Å². The lowest BCUT2D eigenvalue weighted by Gasteiger charge is -2.57. The number of benzene rings is 9. The van der Waals surface area contributed by atoms with E-state index < -0.39 is 0 Å². The molecule has 0 atom stereocenters. The van der Waals surface area contributed by atoms with Crippen molar-refractivity contribution in [2.75, 3.05) is 0 Å². The SMILES string of the molecule is CC1(C)c2ccccc2-c2ccc(-c3nc(-c4cc(-c5ccc(C67CC8CC(CC(C8)C6)C7)cc5)cc(-c5ccc6c7ccccc7n(-c7ccccc7)c6c5)c4)nc(-c4cccc5c4C(C)(C)c4ccccc4-5)n3)cc21. The van der Waals surface area contributed by atoms with Crippen molar-refractivity contribution in [1.29, 1.82) is 0 Å². The lowest BCUT2D eigenvalue weighted by molar-refractivity contribution is -0.00518. The van der Waals surface area contributed by atoms with E-state index in [4.69, 9.17) is 15.0 Å². The highest BCUT2D eigenvalue weighted by Crippen LogP contribution is 2.61. The average molecular weight is 993 g/mol. The van der Waals surface area contributed by atoms with Crippen LogP contribution in [0, 0.1) is 17.8 Å². The molecule has 11 aromatic rings. The van der Waals surface area contributed by atoms with Gasteiger partial charge in [0, 0.05) is 44.0 Å². The molecule has 4 bridgehead atoms. The molecule has 0 amide bonds. The van der Waals surface area contributed by atoms with Gasteiger partial charge in [-0.15, -0.1) is 0 Å². The molecule has 4 nitrogen and oxygen atoms in total. The molecular formula is C73H60N4. The summed E-state index contributed by atoms with van der Waals surface area (Å²) in [5.74, 6) is 4.70. The number of aromatic nitrogens is 4. The van der Waals surface area contributed by atoms with Gasteiger partial charge in [0.1, 0.15) is 0 Å². The van der Waals surface area contributed by atoms with Crippen LogP contribution in [-0.2, 0) is 16.2 Å². The van der Waals surface area contributed by atoms with Gasteiger partial charge in [0.2, 0.25) is 0 Å². The van der Waals surface area contributed by atoms with Crippen LogP contribution in [0.15, 0.2) is 200 Å². The Hall–Kier alpha value is -8.21. The first-order valence-electron chi connectivity index (χ1n) is 28.2. The molecule has 9 aromatic carbocycles. The van der Waals surface area contributed by atoms with Crippen molar-refractivity contribution in [3.8, 4) is 84.4 Å². The molecular weight excluding hydrogens is 933 g/mol. The standard InChI is InChI=1S/C73H60N4/c1-71(2)62-22-11-8-17-55(62)57-31-28-49(39-64(57)71)68-74-69(76-70(75-68)61-21-14-20-60-56-18-9-12-23-63(56)72(3,4)67(60)61)52-37-50(47-25-29-53(30-26-47)73-41-44-33-45(42-73)35-46(34-44)43-73)36-51(38-52)48-27-32-59-58-19-10-13-24-65(58)77(66(59)40-48)54-15-6-5-7-16-54/h5-32,36-40,44-46H,33-35,41-43H2,1-4H3. The average Bonchev–Trinajstić information content (AvgIpc) is 4.01. The lowest BCUT2D eigenvalue weighted by Crippen LogP contribution is -2.48. The Labute approximate surface area is 451 Å². The second kappa shape index (κ2) is 16.4. The van der Waals surface area contributed by atoms with Gasteiger partial charge in [-0.05, 0) is 183 Å². The molecule has 372 valence electrons. The zero-order valence-electron chi connectivity index (χ0n) is 44.3. The first kappa shape index (κ1) is 45.0. The molecule has 2 aromatic heterocycles. The van der Waals surface area contributed by atoms with E-state index in [1.807, 2.05) is 0 Å². The summed E-state index contributed by atoms with van der Waals surface area (Å²) in [4.78, 5) is 16.8. The Morgan fingerprint density at radius 2 is 0.896 bits per heavy atom. The fourth-order valence-corrected chi connectivity index (χ4v) is 16.2. The van der Waals surface area contributed by atoms with Gasteiger partial charge in [0.25, 0.3) is 0 Å². The predicted octanol–water partition coefficient (Wildman–Crippen LogP) is 18.4. The third kappa shape index (κ3) is 6.80. The van der Waals surface area contributed by atoms with Gasteiger partial charge in [0.05, 0.1) is 11.0 Å². The van der Waals surface area contributed by atoms with Crippen LogP contribution < -0.4 is 0 Å². The minimum Gasteiger partial charge on any atom is -0.309 e. The number of hydrogen-bond donors (Lipinski definition) is 0. The summed E-state index contributed by atoms with van der Waals surface area (Å²) in [6.45, 7) is 9.39. The number of para-hydroxylation sites is 2. The maximum Gasteiger partial charge on any atom is 0.164 e. The van der Waals surface area contributed by atoms with Gasteiger partial charge >= 0.3 is 0 Å². The number of hydrogen-bond acceptors (Lipinski definition) is 3. The van der Waals surface area contributed by atoms with E-state index in [0.717, 1.165) is 56.8 Å². The monoisotopic (exact) mass is 992 g/mol. The zero-order chi connectivity index (χ0) is 51.4. The van der Waals surface area contributed by atoms with Gasteiger partial charge in [-0.2, -0.15) is 0 Å². The molecule has 0 radical (unpaired) electrons. The van der Waals surface area contributed by atoms with Crippen LogP contribution in [0.4, 0.5) is 0 Å². The second-order valence-electron chi connectivity index (χ2n) is 24.6. The molecule has 17 rings (SSSR count). The summed E-state index contributed by atoms with van der Waals surface area (Å²) in [6.07, 6.45) is 8.40. The van der Waals surface area contributed by atoms with Gasteiger partial charge < -0.3 is 4.57 Å². The molecule has 0 N–H and O–H groups in total. The molecule has 6 aliphatic carbocycles. The predicted molar refractivity (Wildman–Crippen MR) is 316 cm³/mol. The lowest BCUT2D eigenvalue weighted by atomic mass is 9.48. The molecule has 4 saturated carbocycles. The summed E-state index contributed by atoms with van der Waals surface area (Å²) in [5, 5.41) is 2.48. The minimum absolute atomic E-state index is 0.182. The van der Waals surface area contributed by atoms with Crippen molar-refractivity contribution in [3.05, 3.63) is 228 Å². The van der Waals surface area contributed by atoms with Crippen molar-refractivity contribution in [3.63, 3.8) is 0 Å². The molecule has 6 aliphatic rings. The highest BCUT2D eigenvalue weighted by molar-refractivity contribution is 6.10. The fraction of sp³-hybridized carbons (Fsp3) is 0.219. The van der Waals surface area contributed by atoms with Gasteiger partial charge in [-0.1, -0.05) is 179 Å². The maximum absolute atomic E-state index is 5.63. The Morgan fingerprint density at radius 1 is 0.364 bits per heavy atom. The van der Waals surface area contributed by atoms with E-state index in [-0.39, 0.29) is 10.8 Å². The van der Waals surface area contributed by atoms with Crippen molar-refractivity contribution >= 4 is 21.8 Å². The summed E-state index contributed by atoms with van der Waals surface area (Å²) < 4.78 is 2.42. The van der Waals surface area contributed by atoms with Crippen LogP contribution in [-0.4, -0.2) is 19.5 Å². The minimum atomic E-state index is -0.269. The van der Waals surface area contributed by atoms with Crippen molar-refractivity contribution in [2.45, 2.75) is 82.5 Å². The van der Waals surface area contributed by atoms with Crippen LogP contribution in [0.5, 0.6) is 0 Å². The molecule has 0 aliphatic heterocycles. The Balaban J connectivity index is 0.911. The van der Waals surface area contributed by atoms with Gasteiger partial charge in [0.15, 0.2) is 17.5 Å². The normalized spacial score (nSPS) is 20.8. The van der Waals surface area contributed by atoms with E-state index in [1.165, 1.54) is 110 Å². The fourth-order valence-electron chi connectivity index (χ4n) is 16.2. The molecule has 0 unspecified atom stereocenters.